The van der Waals surface area contributed by atoms with Gasteiger partial charge in [-0.25, -0.2) is 14.4 Å². The zero-order valence-corrected chi connectivity index (χ0v) is 18.4. The average Bonchev–Trinajstić information content (AvgIpc) is 3.72. The van der Waals surface area contributed by atoms with Crippen LogP contribution in [0.2, 0.25) is 0 Å². The molecular weight excluding hydrogens is 423 g/mol. The van der Waals surface area contributed by atoms with Crippen molar-refractivity contribution in [2.75, 3.05) is 31.6 Å². The predicted octanol–water partition coefficient (Wildman–Crippen LogP) is 1.54. The molecule has 1 N–H and O–H groups in total. The summed E-state index contributed by atoms with van der Waals surface area (Å²) in [7, 11) is 1.46. The van der Waals surface area contributed by atoms with E-state index < -0.39 is 11.7 Å². The van der Waals surface area contributed by atoms with Crippen LogP contribution in [-0.2, 0) is 4.79 Å². The van der Waals surface area contributed by atoms with E-state index in [1.165, 1.54) is 13.1 Å². The smallest absolute Gasteiger partial charge is 0.273 e. The van der Waals surface area contributed by atoms with Crippen molar-refractivity contribution in [2.24, 2.45) is 15.9 Å². The number of hydrogen-bond acceptors (Lipinski definition) is 6. The number of pyridine rings is 1. The van der Waals surface area contributed by atoms with E-state index in [1.54, 1.807) is 6.20 Å². The lowest BCUT2D eigenvalue weighted by Gasteiger charge is -2.36. The number of aromatic nitrogens is 1. The second-order valence-corrected chi connectivity index (χ2v) is 9.32. The van der Waals surface area contributed by atoms with Gasteiger partial charge in [-0.15, -0.1) is 0 Å². The minimum atomic E-state index is -0.605. The second kappa shape index (κ2) is 7.69. The minimum absolute atomic E-state index is 0.101. The molecule has 2 aliphatic carbocycles. The minimum Gasteiger partial charge on any atom is -0.364 e. The van der Waals surface area contributed by atoms with Crippen LogP contribution in [0, 0.1) is 11.7 Å². The molecule has 0 radical (unpaired) electrons. The first-order valence-electron chi connectivity index (χ1n) is 11.5. The van der Waals surface area contributed by atoms with Crippen molar-refractivity contribution in [3.8, 4) is 0 Å². The quantitative estimate of drug-likeness (QED) is 0.738. The number of carbonyl (C=O) groups is 2. The molecule has 1 unspecified atom stereocenters. The molecule has 9 heteroatoms. The van der Waals surface area contributed by atoms with Crippen molar-refractivity contribution in [1.29, 1.82) is 0 Å². The van der Waals surface area contributed by atoms with Gasteiger partial charge in [0.05, 0.1) is 17.6 Å². The molecule has 3 aliphatic heterocycles. The molecule has 0 bridgehead atoms. The van der Waals surface area contributed by atoms with Gasteiger partial charge in [0.1, 0.15) is 6.04 Å². The topological polar surface area (TPSA) is 90.3 Å². The number of amides is 2. The second-order valence-electron chi connectivity index (χ2n) is 9.32. The van der Waals surface area contributed by atoms with Crippen LogP contribution in [0.25, 0.3) is 0 Å². The maximum atomic E-state index is 14.4. The Morgan fingerprint density at radius 3 is 2.88 bits per heavy atom. The summed E-state index contributed by atoms with van der Waals surface area (Å²) >= 11 is 0. The lowest BCUT2D eigenvalue weighted by atomic mass is 9.97. The predicted molar refractivity (Wildman–Crippen MR) is 122 cm³/mol. The molecule has 1 aromatic rings. The number of aliphatic imine (C=N–C) groups is 2. The van der Waals surface area contributed by atoms with Crippen molar-refractivity contribution in [3.05, 3.63) is 47.1 Å². The van der Waals surface area contributed by atoms with Crippen molar-refractivity contribution >= 4 is 29.4 Å². The first-order valence-corrected chi connectivity index (χ1v) is 11.5. The first kappa shape index (κ1) is 20.4. The number of piperazine rings is 1. The van der Waals surface area contributed by atoms with Crippen LogP contribution in [-0.4, -0.2) is 78.4 Å². The Morgan fingerprint density at radius 2 is 2.12 bits per heavy atom. The summed E-state index contributed by atoms with van der Waals surface area (Å²) < 4.78 is 14.4. The van der Waals surface area contributed by atoms with Crippen LogP contribution in [0.3, 0.4) is 0 Å². The van der Waals surface area contributed by atoms with Gasteiger partial charge in [-0.1, -0.05) is 0 Å². The highest BCUT2D eigenvalue weighted by molar-refractivity contribution is 6.17. The van der Waals surface area contributed by atoms with E-state index in [-0.39, 0.29) is 17.6 Å². The van der Waals surface area contributed by atoms with Gasteiger partial charge in [0.2, 0.25) is 0 Å². The van der Waals surface area contributed by atoms with Crippen LogP contribution in [0.1, 0.15) is 29.8 Å². The van der Waals surface area contributed by atoms with Gasteiger partial charge < -0.3 is 10.2 Å². The van der Waals surface area contributed by atoms with Crippen LogP contribution in [0.5, 0.6) is 0 Å². The standard InChI is InChI=1S/C24H25FN6O2/c1-26-24(33)22-17(25)7-15(11-28-22)31-5-4-30(20-9-21(20)31)12-13-6-19-18(27-10-13)8-16(14-2-3-14)23(32)29-19/h6-8,10-11,14,18,20-21H,2-5,9,12H2,1H3,(H,26,33)/t18?,20-,21+/m0/s1. The van der Waals surface area contributed by atoms with E-state index in [0.29, 0.717) is 23.7 Å². The molecule has 2 saturated carbocycles. The van der Waals surface area contributed by atoms with E-state index in [4.69, 9.17) is 0 Å². The molecule has 1 saturated heterocycles. The fourth-order valence-corrected chi connectivity index (χ4v) is 5.09. The Labute approximate surface area is 191 Å². The molecule has 2 amide bonds. The van der Waals surface area contributed by atoms with E-state index in [0.717, 1.165) is 55.8 Å². The number of carbonyl (C=O) groups excluding carboxylic acids is 2. The summed E-state index contributed by atoms with van der Waals surface area (Å²) in [4.78, 5) is 41.7. The Bertz CT molecular complexity index is 1170. The van der Waals surface area contributed by atoms with Crippen LogP contribution in [0.4, 0.5) is 10.1 Å². The van der Waals surface area contributed by atoms with Gasteiger partial charge in [0.25, 0.3) is 11.8 Å². The van der Waals surface area contributed by atoms with Gasteiger partial charge in [-0.3, -0.25) is 19.5 Å². The maximum Gasteiger partial charge on any atom is 0.273 e. The highest BCUT2D eigenvalue weighted by atomic mass is 19.1. The third kappa shape index (κ3) is 3.70. The lowest BCUT2D eigenvalue weighted by Crippen LogP contribution is -2.47. The highest BCUT2D eigenvalue weighted by Gasteiger charge is 2.49. The molecule has 5 aliphatic rings. The van der Waals surface area contributed by atoms with Gasteiger partial charge in [-0.05, 0) is 42.9 Å². The van der Waals surface area contributed by atoms with Crippen molar-refractivity contribution < 1.29 is 14.0 Å². The molecule has 3 atom stereocenters. The number of nitrogens with zero attached hydrogens (tertiary/aromatic N) is 5. The summed E-state index contributed by atoms with van der Waals surface area (Å²) in [5.41, 5.74) is 3.16. The van der Waals surface area contributed by atoms with E-state index in [2.05, 4.69) is 30.1 Å². The third-order valence-electron chi connectivity index (χ3n) is 7.08. The normalized spacial score (nSPS) is 28.4. The van der Waals surface area contributed by atoms with Crippen LogP contribution < -0.4 is 10.2 Å². The Hall–Kier alpha value is -3.20. The Morgan fingerprint density at radius 1 is 1.27 bits per heavy atom. The summed E-state index contributed by atoms with van der Waals surface area (Å²) in [6, 6.07) is 1.95. The number of fused-ring (bicyclic) bond motifs is 2. The number of dihydropyridines is 2. The van der Waals surface area contributed by atoms with E-state index in [1.807, 2.05) is 18.4 Å². The van der Waals surface area contributed by atoms with Gasteiger partial charge in [0, 0.05) is 56.6 Å². The largest absolute Gasteiger partial charge is 0.364 e. The molecule has 4 heterocycles. The Kier molecular flexibility index (Phi) is 4.76. The number of anilines is 1. The van der Waals surface area contributed by atoms with E-state index >= 15 is 0 Å². The van der Waals surface area contributed by atoms with Crippen molar-refractivity contribution in [3.63, 3.8) is 0 Å². The number of hydrogen-bond donors (Lipinski definition) is 1. The number of nitrogens with one attached hydrogen (secondary N) is 1. The summed E-state index contributed by atoms with van der Waals surface area (Å²) in [5, 5.41) is 2.40. The molecular formula is C24H25FN6O2. The molecule has 0 spiro atoms. The van der Waals surface area contributed by atoms with Crippen molar-refractivity contribution in [1.82, 2.24) is 15.2 Å². The summed E-state index contributed by atoms with van der Waals surface area (Å²) in [6.07, 6.45) is 10.7. The fourth-order valence-electron chi connectivity index (χ4n) is 5.09. The molecule has 0 aromatic carbocycles. The molecule has 1 aromatic heterocycles. The van der Waals surface area contributed by atoms with Crippen molar-refractivity contribution in [2.45, 2.75) is 37.4 Å². The Balaban J connectivity index is 1.11. The van der Waals surface area contributed by atoms with Gasteiger partial charge >= 0.3 is 0 Å². The lowest BCUT2D eigenvalue weighted by molar-refractivity contribution is -0.114. The van der Waals surface area contributed by atoms with Crippen LogP contribution in [0.15, 0.2) is 45.5 Å². The monoisotopic (exact) mass is 448 g/mol. The molecule has 8 nitrogen and oxygen atoms in total. The van der Waals surface area contributed by atoms with Gasteiger partial charge in [0.15, 0.2) is 11.5 Å². The van der Waals surface area contributed by atoms with Crippen LogP contribution >= 0.6 is 0 Å². The zero-order valence-electron chi connectivity index (χ0n) is 18.4. The molecule has 6 rings (SSSR count). The molecule has 33 heavy (non-hydrogen) atoms. The van der Waals surface area contributed by atoms with Gasteiger partial charge in [-0.2, -0.15) is 0 Å². The number of halogens is 1. The molecule has 170 valence electrons. The summed E-state index contributed by atoms with van der Waals surface area (Å²) in [6.45, 7) is 2.33. The maximum absolute atomic E-state index is 14.4. The number of rotatable bonds is 5. The SMILES string of the molecule is CNC(=O)c1ncc(N2CCN(CC3=CC4=NC(=O)C(C5CC5)=CC4N=C3)[C@H]3C[C@H]32)cc1F. The highest BCUT2D eigenvalue weighted by Crippen LogP contribution is 2.41. The van der Waals surface area contributed by atoms with E-state index in [9.17, 15) is 14.0 Å². The zero-order chi connectivity index (χ0) is 22.7. The summed E-state index contributed by atoms with van der Waals surface area (Å²) in [5.74, 6) is -0.849. The average molecular weight is 449 g/mol. The fraction of sp³-hybridized carbons (Fsp3) is 0.458. The third-order valence-corrected chi connectivity index (χ3v) is 7.08. The molecule has 3 fully saturated rings. The first-order chi connectivity index (χ1) is 16.0.